The lowest BCUT2D eigenvalue weighted by atomic mass is 10.3. The molecule has 1 saturated heterocycles. The molecule has 1 aliphatic heterocycles. The molecule has 0 aliphatic carbocycles. The van der Waals surface area contributed by atoms with Crippen LogP contribution in [-0.4, -0.2) is 55.4 Å². The van der Waals surface area contributed by atoms with Gasteiger partial charge in [-0.2, -0.15) is 0 Å². The lowest BCUT2D eigenvalue weighted by Gasteiger charge is -2.23. The van der Waals surface area contributed by atoms with E-state index in [0.29, 0.717) is 6.61 Å². The van der Waals surface area contributed by atoms with Gasteiger partial charge in [-0.25, -0.2) is 0 Å². The van der Waals surface area contributed by atoms with Crippen molar-refractivity contribution >= 4 is 11.6 Å². The van der Waals surface area contributed by atoms with Crippen molar-refractivity contribution in [1.29, 1.82) is 0 Å². The van der Waals surface area contributed by atoms with Crippen molar-refractivity contribution in [2.24, 2.45) is 0 Å². The van der Waals surface area contributed by atoms with Crippen molar-refractivity contribution in [2.75, 3.05) is 39.4 Å². The van der Waals surface area contributed by atoms with Crippen LogP contribution < -0.4 is 10.1 Å². The highest BCUT2D eigenvalue weighted by Gasteiger charge is 2.16. The Balaban J connectivity index is 1.73. The molecule has 0 bridgehead atoms. The van der Waals surface area contributed by atoms with Crippen LogP contribution in [0.2, 0.25) is 5.02 Å². The lowest BCUT2D eigenvalue weighted by Crippen LogP contribution is -2.41. The number of hydrogen-bond donors (Lipinski definition) is 2. The molecule has 2 rings (SSSR count). The van der Waals surface area contributed by atoms with E-state index in [4.69, 9.17) is 16.3 Å². The number of ether oxygens (including phenoxy) is 1. The van der Waals surface area contributed by atoms with E-state index >= 15 is 0 Å². The van der Waals surface area contributed by atoms with Gasteiger partial charge in [-0.05, 0) is 43.8 Å². The van der Waals surface area contributed by atoms with Crippen molar-refractivity contribution in [3.05, 3.63) is 29.3 Å². The highest BCUT2D eigenvalue weighted by molar-refractivity contribution is 6.30. The Bertz CT molecular complexity index is 372. The van der Waals surface area contributed by atoms with Gasteiger partial charge < -0.3 is 15.2 Å². The van der Waals surface area contributed by atoms with Gasteiger partial charge in [0.15, 0.2) is 0 Å². The summed E-state index contributed by atoms with van der Waals surface area (Å²) in [5.41, 5.74) is 0. The molecule has 0 saturated carbocycles. The number of aliphatic hydroxyl groups excluding tert-OH is 1. The summed E-state index contributed by atoms with van der Waals surface area (Å²) in [7, 11) is 0. The van der Waals surface area contributed by atoms with Crippen molar-refractivity contribution in [1.82, 2.24) is 10.2 Å². The molecule has 0 aromatic heterocycles. The SMILES string of the molecule is OCC1CN(CCOc2ccc(Cl)cc2)CCCN1. The first kappa shape index (κ1) is 14.6. The number of halogens is 1. The van der Waals surface area contributed by atoms with Gasteiger partial charge in [0.2, 0.25) is 0 Å². The maximum Gasteiger partial charge on any atom is 0.119 e. The predicted molar refractivity (Wildman–Crippen MR) is 76.9 cm³/mol. The number of benzene rings is 1. The Morgan fingerprint density at radius 1 is 1.37 bits per heavy atom. The summed E-state index contributed by atoms with van der Waals surface area (Å²) in [4.78, 5) is 2.33. The van der Waals surface area contributed by atoms with Crippen molar-refractivity contribution < 1.29 is 9.84 Å². The molecule has 106 valence electrons. The van der Waals surface area contributed by atoms with Crippen LogP contribution in [-0.2, 0) is 0 Å². The van der Waals surface area contributed by atoms with Crippen LogP contribution in [0.4, 0.5) is 0 Å². The van der Waals surface area contributed by atoms with Gasteiger partial charge in [0.25, 0.3) is 0 Å². The monoisotopic (exact) mass is 284 g/mol. The largest absolute Gasteiger partial charge is 0.492 e. The molecular formula is C14H21ClN2O2. The van der Waals surface area contributed by atoms with E-state index in [0.717, 1.165) is 43.4 Å². The molecule has 1 aliphatic rings. The molecule has 0 spiro atoms. The Hall–Kier alpha value is -0.810. The zero-order chi connectivity index (χ0) is 13.5. The fourth-order valence-electron chi connectivity index (χ4n) is 2.23. The third-order valence-corrected chi connectivity index (χ3v) is 3.52. The second-order valence-corrected chi connectivity index (χ2v) is 5.23. The summed E-state index contributed by atoms with van der Waals surface area (Å²) in [5, 5.41) is 13.3. The van der Waals surface area contributed by atoms with Gasteiger partial charge in [-0.15, -0.1) is 0 Å². The average molecular weight is 285 g/mol. The van der Waals surface area contributed by atoms with Crippen LogP contribution in [0.3, 0.4) is 0 Å². The molecule has 19 heavy (non-hydrogen) atoms. The number of rotatable bonds is 5. The molecule has 1 heterocycles. The second-order valence-electron chi connectivity index (χ2n) is 4.79. The van der Waals surface area contributed by atoms with Crippen LogP contribution in [0.25, 0.3) is 0 Å². The van der Waals surface area contributed by atoms with Crippen molar-refractivity contribution in [3.8, 4) is 5.75 Å². The standard InChI is InChI=1S/C14H21ClN2O2/c15-12-2-4-14(5-3-12)19-9-8-17-7-1-6-16-13(10-17)11-18/h2-5,13,16,18H,1,6-11H2. The quantitative estimate of drug-likeness (QED) is 0.857. The highest BCUT2D eigenvalue weighted by Crippen LogP contribution is 2.15. The normalized spacial score (nSPS) is 21.1. The molecule has 1 aromatic rings. The zero-order valence-electron chi connectivity index (χ0n) is 11.0. The summed E-state index contributed by atoms with van der Waals surface area (Å²) >= 11 is 5.82. The van der Waals surface area contributed by atoms with Crippen LogP contribution in [0, 0.1) is 0 Å². The maximum atomic E-state index is 9.23. The summed E-state index contributed by atoms with van der Waals surface area (Å²) in [6.45, 7) is 4.61. The molecule has 1 atom stereocenters. The van der Waals surface area contributed by atoms with Gasteiger partial charge in [0.05, 0.1) is 6.61 Å². The van der Waals surface area contributed by atoms with Gasteiger partial charge >= 0.3 is 0 Å². The van der Waals surface area contributed by atoms with Crippen molar-refractivity contribution in [2.45, 2.75) is 12.5 Å². The molecular weight excluding hydrogens is 264 g/mol. The minimum atomic E-state index is 0.179. The third kappa shape index (κ3) is 4.99. The number of hydrogen-bond acceptors (Lipinski definition) is 4. The molecule has 4 nitrogen and oxygen atoms in total. The highest BCUT2D eigenvalue weighted by atomic mass is 35.5. The molecule has 1 aromatic carbocycles. The molecule has 1 fully saturated rings. The number of nitrogens with zero attached hydrogens (tertiary/aromatic N) is 1. The first-order valence-electron chi connectivity index (χ1n) is 6.73. The van der Waals surface area contributed by atoms with E-state index < -0.39 is 0 Å². The first-order chi connectivity index (χ1) is 9.28. The average Bonchev–Trinajstić information content (AvgIpc) is 2.66. The van der Waals surface area contributed by atoms with E-state index in [1.807, 2.05) is 24.3 Å². The lowest BCUT2D eigenvalue weighted by molar-refractivity contribution is 0.177. The Morgan fingerprint density at radius 3 is 2.89 bits per heavy atom. The minimum absolute atomic E-state index is 0.179. The maximum absolute atomic E-state index is 9.23. The smallest absolute Gasteiger partial charge is 0.119 e. The Kier molecular flexibility index (Phi) is 5.92. The molecule has 5 heteroatoms. The van der Waals surface area contributed by atoms with Gasteiger partial charge in [-0.3, -0.25) is 4.90 Å². The van der Waals surface area contributed by atoms with Crippen LogP contribution in [0.1, 0.15) is 6.42 Å². The second kappa shape index (κ2) is 7.70. The topological polar surface area (TPSA) is 44.7 Å². The van der Waals surface area contributed by atoms with E-state index in [1.54, 1.807) is 0 Å². The first-order valence-corrected chi connectivity index (χ1v) is 7.10. The van der Waals surface area contributed by atoms with Gasteiger partial charge in [0.1, 0.15) is 12.4 Å². The fourth-order valence-corrected chi connectivity index (χ4v) is 2.35. The molecule has 2 N–H and O–H groups in total. The van der Waals surface area contributed by atoms with Crippen LogP contribution >= 0.6 is 11.6 Å². The van der Waals surface area contributed by atoms with Crippen LogP contribution in [0.5, 0.6) is 5.75 Å². The molecule has 0 radical (unpaired) electrons. The minimum Gasteiger partial charge on any atom is -0.492 e. The summed E-state index contributed by atoms with van der Waals surface area (Å²) < 4.78 is 5.69. The number of nitrogens with one attached hydrogen (secondary N) is 1. The van der Waals surface area contributed by atoms with Crippen molar-refractivity contribution in [3.63, 3.8) is 0 Å². The van der Waals surface area contributed by atoms with Gasteiger partial charge in [0, 0.05) is 24.2 Å². The summed E-state index contributed by atoms with van der Waals surface area (Å²) in [6.07, 6.45) is 1.11. The van der Waals surface area contributed by atoms with Crippen LogP contribution in [0.15, 0.2) is 24.3 Å². The fraction of sp³-hybridized carbons (Fsp3) is 0.571. The zero-order valence-corrected chi connectivity index (χ0v) is 11.8. The predicted octanol–water partition coefficient (Wildman–Crippen LogP) is 1.37. The number of aliphatic hydroxyl groups is 1. The Labute approximate surface area is 119 Å². The summed E-state index contributed by atoms with van der Waals surface area (Å²) in [5.74, 6) is 0.844. The van der Waals surface area contributed by atoms with Gasteiger partial charge in [-0.1, -0.05) is 11.6 Å². The van der Waals surface area contributed by atoms with E-state index in [9.17, 15) is 5.11 Å². The van der Waals surface area contributed by atoms with E-state index in [-0.39, 0.29) is 12.6 Å². The van der Waals surface area contributed by atoms with E-state index in [2.05, 4.69) is 10.2 Å². The molecule has 0 amide bonds. The molecule has 1 unspecified atom stereocenters. The third-order valence-electron chi connectivity index (χ3n) is 3.27. The summed E-state index contributed by atoms with van der Waals surface area (Å²) in [6, 6.07) is 7.59. The van der Waals surface area contributed by atoms with E-state index in [1.165, 1.54) is 0 Å². The Morgan fingerprint density at radius 2 is 2.16 bits per heavy atom.